The normalized spacial score (nSPS) is 11.6. The molecule has 0 fully saturated rings. The lowest BCUT2D eigenvalue weighted by molar-refractivity contribution is 0.411. The van der Waals surface area contributed by atoms with Crippen molar-refractivity contribution < 1.29 is 13.2 Å². The number of aromatic nitrogens is 2. The predicted octanol–water partition coefficient (Wildman–Crippen LogP) is 4.61. The number of benzene rings is 2. The number of methoxy groups -OCH3 is 1. The van der Waals surface area contributed by atoms with Crippen molar-refractivity contribution in [3.8, 4) is 11.4 Å². The fourth-order valence-electron chi connectivity index (χ4n) is 2.80. The van der Waals surface area contributed by atoms with E-state index >= 15 is 0 Å². The summed E-state index contributed by atoms with van der Waals surface area (Å²) in [7, 11) is -2.04. The maximum Gasteiger partial charge on any atom is 0.158 e. The topological polar surface area (TPSA) is 61.2 Å². The molecule has 0 aliphatic heterocycles. The Labute approximate surface area is 168 Å². The number of aryl methyl sites for hydroxylation is 1. The van der Waals surface area contributed by atoms with Crippen molar-refractivity contribution >= 4 is 33.0 Å². The summed E-state index contributed by atoms with van der Waals surface area (Å²) in [5.74, 6) is 0.0502. The lowest BCUT2D eigenvalue weighted by Gasteiger charge is -2.10. The van der Waals surface area contributed by atoms with Gasteiger partial charge in [-0.1, -0.05) is 41.4 Å². The number of hydrogen-bond donors (Lipinski definition) is 0. The molecule has 0 spiro atoms. The quantitative estimate of drug-likeness (QED) is 0.579. The highest BCUT2D eigenvalue weighted by molar-refractivity contribution is 7.89. The van der Waals surface area contributed by atoms with E-state index in [1.54, 1.807) is 29.8 Å². The van der Waals surface area contributed by atoms with E-state index in [4.69, 9.17) is 27.9 Å². The molecular formula is C19H18Cl2N2O3S. The third-order valence-corrected chi connectivity index (χ3v) is 6.21. The molecule has 0 atom stereocenters. The Kier molecular flexibility index (Phi) is 5.79. The van der Waals surface area contributed by atoms with Crippen molar-refractivity contribution in [1.82, 2.24) is 9.78 Å². The molecule has 0 bridgehead atoms. The maximum absolute atomic E-state index is 12.8. The molecule has 2 aromatic carbocycles. The van der Waals surface area contributed by atoms with Gasteiger partial charge in [0.2, 0.25) is 0 Å². The van der Waals surface area contributed by atoms with Gasteiger partial charge in [0, 0.05) is 16.1 Å². The highest BCUT2D eigenvalue weighted by atomic mass is 35.5. The van der Waals surface area contributed by atoms with E-state index in [1.165, 1.54) is 7.11 Å². The molecular weight excluding hydrogens is 407 g/mol. The Morgan fingerprint density at radius 2 is 1.78 bits per heavy atom. The highest BCUT2D eigenvalue weighted by Gasteiger charge is 2.23. The van der Waals surface area contributed by atoms with E-state index in [2.05, 4.69) is 5.10 Å². The van der Waals surface area contributed by atoms with E-state index in [1.807, 2.05) is 30.3 Å². The first-order valence-corrected chi connectivity index (χ1v) is 10.7. The zero-order valence-electron chi connectivity index (χ0n) is 14.8. The third kappa shape index (κ3) is 4.46. The smallest absolute Gasteiger partial charge is 0.158 e. The molecule has 0 unspecified atom stereocenters. The monoisotopic (exact) mass is 424 g/mol. The fourth-order valence-corrected chi connectivity index (χ4v) is 5.00. The molecule has 1 heterocycles. The van der Waals surface area contributed by atoms with E-state index in [0.29, 0.717) is 32.7 Å². The number of ether oxygens (including phenoxy) is 1. The summed E-state index contributed by atoms with van der Waals surface area (Å²) in [4.78, 5) is 0. The Morgan fingerprint density at radius 1 is 1.07 bits per heavy atom. The van der Waals surface area contributed by atoms with Gasteiger partial charge >= 0.3 is 0 Å². The van der Waals surface area contributed by atoms with Crippen LogP contribution >= 0.6 is 23.2 Å². The van der Waals surface area contributed by atoms with Crippen molar-refractivity contribution in [2.75, 3.05) is 7.11 Å². The number of halogens is 2. The van der Waals surface area contributed by atoms with Crippen LogP contribution in [-0.2, 0) is 21.3 Å². The van der Waals surface area contributed by atoms with Gasteiger partial charge in [-0.25, -0.2) is 13.1 Å². The predicted molar refractivity (Wildman–Crippen MR) is 108 cm³/mol. The molecule has 0 aliphatic carbocycles. The lowest BCUT2D eigenvalue weighted by Crippen LogP contribution is -2.09. The first kappa shape index (κ1) is 19.7. The van der Waals surface area contributed by atoms with Crippen LogP contribution in [0.25, 0.3) is 5.69 Å². The van der Waals surface area contributed by atoms with Gasteiger partial charge in [0.1, 0.15) is 10.9 Å². The number of para-hydroxylation sites is 1. The van der Waals surface area contributed by atoms with Crippen LogP contribution in [0.1, 0.15) is 16.8 Å². The first-order valence-electron chi connectivity index (χ1n) is 8.13. The van der Waals surface area contributed by atoms with Crippen LogP contribution in [0.5, 0.6) is 5.75 Å². The Bertz CT molecular complexity index is 1060. The summed E-state index contributed by atoms with van der Waals surface area (Å²) < 4.78 is 32.4. The van der Waals surface area contributed by atoms with Crippen LogP contribution < -0.4 is 4.74 Å². The second-order valence-corrected chi connectivity index (χ2v) is 8.95. The van der Waals surface area contributed by atoms with Crippen LogP contribution in [0.2, 0.25) is 10.2 Å². The minimum atomic E-state index is -3.53. The van der Waals surface area contributed by atoms with Gasteiger partial charge in [-0.15, -0.1) is 0 Å². The summed E-state index contributed by atoms with van der Waals surface area (Å²) in [5, 5.41) is 5.14. The largest absolute Gasteiger partial charge is 0.496 e. The van der Waals surface area contributed by atoms with E-state index < -0.39 is 9.84 Å². The van der Waals surface area contributed by atoms with E-state index in [0.717, 1.165) is 5.69 Å². The van der Waals surface area contributed by atoms with E-state index in [-0.39, 0.29) is 11.5 Å². The number of rotatable bonds is 6. The van der Waals surface area contributed by atoms with Gasteiger partial charge in [0.25, 0.3) is 0 Å². The van der Waals surface area contributed by atoms with Gasteiger partial charge in [-0.2, -0.15) is 5.10 Å². The van der Waals surface area contributed by atoms with Crippen LogP contribution in [0.4, 0.5) is 0 Å². The van der Waals surface area contributed by atoms with Crippen LogP contribution in [0, 0.1) is 6.92 Å². The highest BCUT2D eigenvalue weighted by Crippen LogP contribution is 2.29. The average molecular weight is 425 g/mol. The zero-order valence-corrected chi connectivity index (χ0v) is 17.1. The molecule has 0 saturated heterocycles. The summed E-state index contributed by atoms with van der Waals surface area (Å²) in [6.45, 7) is 1.75. The summed E-state index contributed by atoms with van der Waals surface area (Å²) in [5.41, 5.74) is 2.34. The SMILES string of the molecule is COc1ccc(Cl)cc1CS(=O)(=O)Cc1c(C)nn(-c2ccccc2)c1Cl. The second-order valence-electron chi connectivity index (χ2n) is 6.09. The number of nitrogens with zero attached hydrogens (tertiary/aromatic N) is 2. The van der Waals surface area contributed by atoms with Crippen molar-refractivity contribution in [3.05, 3.63) is 75.5 Å². The molecule has 0 radical (unpaired) electrons. The maximum atomic E-state index is 12.8. The fraction of sp³-hybridized carbons (Fsp3) is 0.211. The molecule has 0 aliphatic rings. The van der Waals surface area contributed by atoms with Gasteiger partial charge in [-0.3, -0.25) is 0 Å². The molecule has 0 saturated carbocycles. The molecule has 3 rings (SSSR count). The summed E-state index contributed by atoms with van der Waals surface area (Å²) in [6.07, 6.45) is 0. The number of sulfone groups is 1. The minimum absolute atomic E-state index is 0.205. The Hall–Kier alpha value is -2.02. The molecule has 27 heavy (non-hydrogen) atoms. The lowest BCUT2D eigenvalue weighted by atomic mass is 10.2. The van der Waals surface area contributed by atoms with Gasteiger partial charge in [0.05, 0.1) is 30.0 Å². The first-order chi connectivity index (χ1) is 12.8. The average Bonchev–Trinajstić information content (AvgIpc) is 2.90. The molecule has 5 nitrogen and oxygen atoms in total. The molecule has 0 amide bonds. The Balaban J connectivity index is 1.91. The standard InChI is InChI=1S/C19H18Cl2N2O3S/c1-13-17(19(21)23(22-13)16-6-4-3-5-7-16)12-27(24,25)11-14-10-15(20)8-9-18(14)26-2/h3-10H,11-12H2,1-2H3. The van der Waals surface area contributed by atoms with Crippen molar-refractivity contribution in [2.45, 2.75) is 18.4 Å². The molecule has 8 heteroatoms. The molecule has 0 N–H and O–H groups in total. The second kappa shape index (κ2) is 7.92. The van der Waals surface area contributed by atoms with Gasteiger partial charge < -0.3 is 4.74 Å². The minimum Gasteiger partial charge on any atom is -0.496 e. The molecule has 3 aromatic rings. The van der Waals surface area contributed by atoms with Crippen molar-refractivity contribution in [3.63, 3.8) is 0 Å². The Morgan fingerprint density at radius 3 is 2.44 bits per heavy atom. The van der Waals surface area contributed by atoms with Gasteiger partial charge in [-0.05, 0) is 37.3 Å². The van der Waals surface area contributed by atoms with Crippen LogP contribution in [0.15, 0.2) is 48.5 Å². The van der Waals surface area contributed by atoms with E-state index in [9.17, 15) is 8.42 Å². The zero-order chi connectivity index (χ0) is 19.6. The van der Waals surface area contributed by atoms with Crippen LogP contribution in [-0.4, -0.2) is 25.3 Å². The van der Waals surface area contributed by atoms with Crippen molar-refractivity contribution in [2.24, 2.45) is 0 Å². The molecule has 1 aromatic heterocycles. The molecule has 142 valence electrons. The summed E-state index contributed by atoms with van der Waals surface area (Å²) >= 11 is 12.4. The van der Waals surface area contributed by atoms with Crippen molar-refractivity contribution in [1.29, 1.82) is 0 Å². The van der Waals surface area contributed by atoms with Crippen LogP contribution in [0.3, 0.4) is 0 Å². The number of hydrogen-bond acceptors (Lipinski definition) is 4. The van der Waals surface area contributed by atoms with Gasteiger partial charge in [0.15, 0.2) is 9.84 Å². The third-order valence-electron chi connectivity index (χ3n) is 4.10. The summed E-state index contributed by atoms with van der Waals surface area (Å²) in [6, 6.07) is 14.2.